The summed E-state index contributed by atoms with van der Waals surface area (Å²) in [4.78, 5) is 10.8. The Morgan fingerprint density at radius 3 is 2.88 bits per heavy atom. The molecule has 0 N–H and O–H groups in total. The number of hydrogen-bond acceptors (Lipinski definition) is 4. The molecular formula is C12H17N5. The molecule has 0 spiro atoms. The molecule has 0 aliphatic carbocycles. The molecule has 0 aliphatic rings. The Balaban J connectivity index is 2.49. The van der Waals surface area contributed by atoms with Crippen molar-refractivity contribution in [2.24, 2.45) is 7.05 Å². The van der Waals surface area contributed by atoms with E-state index in [1.54, 1.807) is 11.0 Å². The van der Waals surface area contributed by atoms with E-state index >= 15 is 0 Å². The number of fused-ring (bicyclic) bond motifs is 1. The Hall–Kier alpha value is -1.91. The van der Waals surface area contributed by atoms with Crippen molar-refractivity contribution < 1.29 is 0 Å². The van der Waals surface area contributed by atoms with Gasteiger partial charge >= 0.3 is 0 Å². The summed E-state index contributed by atoms with van der Waals surface area (Å²) in [5, 5.41) is 5.20. The predicted octanol–water partition coefficient (Wildman–Crippen LogP) is 1.77. The highest BCUT2D eigenvalue weighted by molar-refractivity contribution is 5.86. The fraction of sp³-hybridized carbons (Fsp3) is 0.417. The van der Waals surface area contributed by atoms with E-state index in [2.05, 4.69) is 33.5 Å². The van der Waals surface area contributed by atoms with Gasteiger partial charge in [0.1, 0.15) is 12.1 Å². The molecule has 2 rings (SSSR count). The van der Waals surface area contributed by atoms with Gasteiger partial charge in [-0.25, -0.2) is 9.97 Å². The van der Waals surface area contributed by atoms with E-state index in [1.807, 2.05) is 20.2 Å². The van der Waals surface area contributed by atoms with Crippen molar-refractivity contribution in [2.75, 3.05) is 18.0 Å². The smallest absolute Gasteiger partial charge is 0.163 e. The highest BCUT2D eigenvalue weighted by Crippen LogP contribution is 2.22. The van der Waals surface area contributed by atoms with E-state index in [-0.39, 0.29) is 0 Å². The lowest BCUT2D eigenvalue weighted by atomic mass is 10.3. The molecule has 0 fully saturated rings. The van der Waals surface area contributed by atoms with Gasteiger partial charge in [-0.3, -0.25) is 4.68 Å². The van der Waals surface area contributed by atoms with Gasteiger partial charge in [0.15, 0.2) is 5.65 Å². The molecule has 0 amide bonds. The second kappa shape index (κ2) is 4.53. The minimum atomic E-state index is 0.803. The van der Waals surface area contributed by atoms with Gasteiger partial charge in [-0.1, -0.05) is 12.2 Å². The number of anilines is 1. The minimum Gasteiger partial charge on any atom is -0.352 e. The average Bonchev–Trinajstić information content (AvgIpc) is 2.68. The molecule has 0 aromatic carbocycles. The summed E-state index contributed by atoms with van der Waals surface area (Å²) in [7, 11) is 1.88. The Morgan fingerprint density at radius 1 is 1.47 bits per heavy atom. The quantitative estimate of drug-likeness (QED) is 0.752. The van der Waals surface area contributed by atoms with Gasteiger partial charge in [0, 0.05) is 20.1 Å². The molecule has 90 valence electrons. The van der Waals surface area contributed by atoms with Crippen molar-refractivity contribution in [3.63, 3.8) is 0 Å². The summed E-state index contributed by atoms with van der Waals surface area (Å²) in [6.07, 6.45) is 3.40. The second-order valence-electron chi connectivity index (χ2n) is 4.17. The zero-order valence-electron chi connectivity index (χ0n) is 10.5. The van der Waals surface area contributed by atoms with Crippen molar-refractivity contribution in [1.82, 2.24) is 19.7 Å². The molecule has 0 bridgehead atoms. The van der Waals surface area contributed by atoms with Gasteiger partial charge in [-0.15, -0.1) is 0 Å². The summed E-state index contributed by atoms with van der Waals surface area (Å²) in [5.41, 5.74) is 1.97. The first-order valence-corrected chi connectivity index (χ1v) is 5.65. The second-order valence-corrected chi connectivity index (χ2v) is 4.17. The third-order valence-electron chi connectivity index (χ3n) is 2.65. The number of aryl methyl sites for hydroxylation is 1. The number of hydrogen-bond donors (Lipinski definition) is 0. The van der Waals surface area contributed by atoms with Gasteiger partial charge in [0.05, 0.1) is 11.6 Å². The minimum absolute atomic E-state index is 0.803. The summed E-state index contributed by atoms with van der Waals surface area (Å²) >= 11 is 0. The van der Waals surface area contributed by atoms with Crippen LogP contribution in [0.15, 0.2) is 24.7 Å². The number of nitrogens with zero attached hydrogens (tertiary/aromatic N) is 5. The maximum atomic E-state index is 4.36. The van der Waals surface area contributed by atoms with Crippen LogP contribution in [-0.4, -0.2) is 32.8 Å². The monoisotopic (exact) mass is 231 g/mol. The number of rotatable bonds is 4. The van der Waals surface area contributed by atoms with E-state index in [4.69, 9.17) is 0 Å². The Labute approximate surface area is 101 Å². The van der Waals surface area contributed by atoms with Crippen molar-refractivity contribution in [3.8, 4) is 0 Å². The zero-order chi connectivity index (χ0) is 12.4. The average molecular weight is 231 g/mol. The van der Waals surface area contributed by atoms with E-state index in [9.17, 15) is 0 Å². The summed E-state index contributed by atoms with van der Waals surface area (Å²) in [6.45, 7) is 9.76. The van der Waals surface area contributed by atoms with Crippen LogP contribution in [0.1, 0.15) is 13.8 Å². The van der Waals surface area contributed by atoms with Gasteiger partial charge < -0.3 is 4.90 Å². The maximum absolute atomic E-state index is 4.36. The van der Waals surface area contributed by atoms with E-state index in [0.29, 0.717) is 0 Å². The Kier molecular flexibility index (Phi) is 3.08. The molecule has 2 heterocycles. The van der Waals surface area contributed by atoms with Crippen LogP contribution in [0, 0.1) is 0 Å². The van der Waals surface area contributed by atoms with Gasteiger partial charge in [0.25, 0.3) is 0 Å². The summed E-state index contributed by atoms with van der Waals surface area (Å²) in [6, 6.07) is 0. The zero-order valence-corrected chi connectivity index (χ0v) is 10.5. The predicted molar refractivity (Wildman–Crippen MR) is 69.0 cm³/mol. The first-order chi connectivity index (χ1) is 8.13. The van der Waals surface area contributed by atoms with Crippen molar-refractivity contribution >= 4 is 16.9 Å². The van der Waals surface area contributed by atoms with Crippen LogP contribution in [0.2, 0.25) is 0 Å². The van der Waals surface area contributed by atoms with Gasteiger partial charge in [-0.05, 0) is 13.8 Å². The molecule has 2 aromatic rings. The first-order valence-electron chi connectivity index (χ1n) is 5.65. The fourth-order valence-electron chi connectivity index (χ4n) is 1.86. The van der Waals surface area contributed by atoms with Crippen LogP contribution in [0.4, 0.5) is 5.82 Å². The first kappa shape index (κ1) is 11.6. The molecule has 0 aliphatic heterocycles. The lowest BCUT2D eigenvalue weighted by Crippen LogP contribution is -2.25. The number of likely N-dealkylation sites (N-methyl/N-ethyl adjacent to an activating group) is 1. The van der Waals surface area contributed by atoms with E-state index in [0.717, 1.165) is 35.5 Å². The summed E-state index contributed by atoms with van der Waals surface area (Å²) in [5.74, 6) is 0.925. The van der Waals surface area contributed by atoms with Crippen LogP contribution in [0.25, 0.3) is 11.0 Å². The highest BCUT2D eigenvalue weighted by Gasteiger charge is 2.13. The van der Waals surface area contributed by atoms with Crippen LogP contribution in [0.5, 0.6) is 0 Å². The molecule has 0 atom stereocenters. The third kappa shape index (κ3) is 2.13. The molecule has 2 aromatic heterocycles. The maximum Gasteiger partial charge on any atom is 0.163 e. The van der Waals surface area contributed by atoms with E-state index in [1.165, 1.54) is 0 Å². The topological polar surface area (TPSA) is 46.8 Å². The fourth-order valence-corrected chi connectivity index (χ4v) is 1.86. The van der Waals surface area contributed by atoms with Crippen molar-refractivity contribution in [1.29, 1.82) is 0 Å². The van der Waals surface area contributed by atoms with Gasteiger partial charge in [-0.2, -0.15) is 5.10 Å². The lowest BCUT2D eigenvalue weighted by molar-refractivity contribution is 0.784. The lowest BCUT2D eigenvalue weighted by Gasteiger charge is -2.22. The molecule has 0 radical (unpaired) electrons. The molecule has 0 unspecified atom stereocenters. The Bertz CT molecular complexity index is 543. The molecule has 0 saturated heterocycles. The molecule has 5 heteroatoms. The van der Waals surface area contributed by atoms with Crippen LogP contribution >= 0.6 is 0 Å². The van der Waals surface area contributed by atoms with Crippen LogP contribution < -0.4 is 4.90 Å². The van der Waals surface area contributed by atoms with Gasteiger partial charge in [0.2, 0.25) is 0 Å². The molecule has 5 nitrogen and oxygen atoms in total. The van der Waals surface area contributed by atoms with Crippen LogP contribution in [-0.2, 0) is 7.05 Å². The molecule has 0 saturated carbocycles. The number of aromatic nitrogens is 4. The van der Waals surface area contributed by atoms with Crippen molar-refractivity contribution in [2.45, 2.75) is 13.8 Å². The largest absolute Gasteiger partial charge is 0.352 e. The Morgan fingerprint density at radius 2 is 2.24 bits per heavy atom. The summed E-state index contributed by atoms with van der Waals surface area (Å²) < 4.78 is 1.76. The molecular weight excluding hydrogens is 214 g/mol. The van der Waals surface area contributed by atoms with Crippen molar-refractivity contribution in [3.05, 3.63) is 24.7 Å². The third-order valence-corrected chi connectivity index (χ3v) is 2.65. The van der Waals surface area contributed by atoms with E-state index < -0.39 is 0 Å². The highest BCUT2D eigenvalue weighted by atomic mass is 15.3. The standard InChI is InChI=1S/C12H17N5/c1-5-17(7-9(2)3)12-10-6-15-16(4)11(10)13-8-14-12/h6,8H,2,5,7H2,1,3-4H3. The molecule has 17 heavy (non-hydrogen) atoms. The van der Waals surface area contributed by atoms with Crippen LogP contribution in [0.3, 0.4) is 0 Å². The SMILES string of the molecule is C=C(C)CN(CC)c1ncnc2c1cnn2C. The normalized spacial score (nSPS) is 10.8.